The zero-order valence-electron chi connectivity index (χ0n) is 3.94. The topological polar surface area (TPSA) is 105 Å². The summed E-state index contributed by atoms with van der Waals surface area (Å²) in [6, 6.07) is 0. The van der Waals surface area contributed by atoms with E-state index >= 15 is 0 Å². The predicted octanol–water partition coefficient (Wildman–Crippen LogP) is -2.42. The Morgan fingerprint density at radius 3 is 1.25 bits per heavy atom. The van der Waals surface area contributed by atoms with E-state index in [4.69, 9.17) is 20.6 Å². The summed E-state index contributed by atoms with van der Waals surface area (Å²) in [5.74, 6) is 0. The lowest BCUT2D eigenvalue weighted by atomic mass is 10.5. The van der Waals surface area contributed by atoms with Crippen LogP contribution in [0.5, 0.6) is 0 Å². The second kappa shape index (κ2) is 3.72. The van der Waals surface area contributed by atoms with Crippen molar-refractivity contribution in [3.8, 4) is 0 Å². The van der Waals surface area contributed by atoms with Gasteiger partial charge in [-0.25, -0.2) is 0 Å². The molecule has 0 fully saturated rings. The van der Waals surface area contributed by atoms with Crippen LogP contribution in [0.1, 0.15) is 0 Å². The standard InChI is InChI=1S/C2H8N2O4/c5-1(3-7)2(6)4-8/h1-8H/t1-,2+. The molecule has 0 aliphatic rings. The summed E-state index contributed by atoms with van der Waals surface area (Å²) in [4.78, 5) is 0. The van der Waals surface area contributed by atoms with E-state index in [0.29, 0.717) is 0 Å². The van der Waals surface area contributed by atoms with Crippen LogP contribution >= 0.6 is 0 Å². The zero-order chi connectivity index (χ0) is 6.57. The highest BCUT2D eigenvalue weighted by atomic mass is 16.5. The van der Waals surface area contributed by atoms with Gasteiger partial charge in [-0.1, -0.05) is 0 Å². The van der Waals surface area contributed by atoms with Crippen molar-refractivity contribution in [1.82, 2.24) is 11.0 Å². The van der Waals surface area contributed by atoms with Crippen LogP contribution in [0.25, 0.3) is 0 Å². The molecule has 6 N–H and O–H groups in total. The van der Waals surface area contributed by atoms with Crippen molar-refractivity contribution in [1.29, 1.82) is 0 Å². The van der Waals surface area contributed by atoms with Gasteiger partial charge in [-0.3, -0.25) is 0 Å². The molecule has 0 bridgehead atoms. The van der Waals surface area contributed by atoms with Crippen LogP contribution in [-0.4, -0.2) is 33.1 Å². The SMILES string of the molecule is ON[C@@H](O)[C@@H](O)NO. The Morgan fingerprint density at radius 1 is 0.875 bits per heavy atom. The Bertz CT molecular complexity index is 52.0. The van der Waals surface area contributed by atoms with Gasteiger partial charge in [-0.2, -0.15) is 11.0 Å². The molecular weight excluding hydrogens is 116 g/mol. The van der Waals surface area contributed by atoms with Gasteiger partial charge in [-0.05, 0) is 0 Å². The van der Waals surface area contributed by atoms with E-state index in [-0.39, 0.29) is 0 Å². The molecule has 6 nitrogen and oxygen atoms in total. The first-order valence-electron chi connectivity index (χ1n) is 1.87. The van der Waals surface area contributed by atoms with Crippen LogP contribution in [0.2, 0.25) is 0 Å². The summed E-state index contributed by atoms with van der Waals surface area (Å²) in [6.07, 6.45) is -3.17. The minimum atomic E-state index is -1.58. The lowest BCUT2D eigenvalue weighted by molar-refractivity contribution is -0.125. The Labute approximate surface area is 45.3 Å². The number of rotatable bonds is 3. The van der Waals surface area contributed by atoms with Gasteiger partial charge in [0.25, 0.3) is 0 Å². The first-order chi connectivity index (χ1) is 3.72. The maximum Gasteiger partial charge on any atom is 0.167 e. The second-order valence-electron chi connectivity index (χ2n) is 1.15. The van der Waals surface area contributed by atoms with Crippen molar-refractivity contribution in [2.24, 2.45) is 0 Å². The zero-order valence-corrected chi connectivity index (χ0v) is 3.94. The molecule has 0 rings (SSSR count). The molecule has 50 valence electrons. The van der Waals surface area contributed by atoms with Crippen LogP contribution in [0, 0.1) is 0 Å². The molecule has 0 radical (unpaired) electrons. The van der Waals surface area contributed by atoms with Crippen molar-refractivity contribution in [3.63, 3.8) is 0 Å². The number of aliphatic hydroxyl groups excluding tert-OH is 2. The summed E-state index contributed by atoms with van der Waals surface area (Å²) in [5.41, 5.74) is 2.60. The number of hydroxylamine groups is 2. The second-order valence-corrected chi connectivity index (χ2v) is 1.15. The van der Waals surface area contributed by atoms with Crippen LogP contribution in [-0.2, 0) is 0 Å². The first-order valence-corrected chi connectivity index (χ1v) is 1.87. The van der Waals surface area contributed by atoms with Crippen molar-refractivity contribution >= 4 is 0 Å². The van der Waals surface area contributed by atoms with Crippen LogP contribution in [0.3, 0.4) is 0 Å². The number of nitrogens with one attached hydrogen (secondary N) is 2. The molecular formula is C2H8N2O4. The molecule has 0 amide bonds. The first kappa shape index (κ1) is 7.76. The van der Waals surface area contributed by atoms with E-state index in [1.54, 1.807) is 0 Å². The third-order valence-electron chi connectivity index (χ3n) is 0.564. The molecule has 0 spiro atoms. The van der Waals surface area contributed by atoms with Gasteiger partial charge < -0.3 is 20.6 Å². The van der Waals surface area contributed by atoms with Gasteiger partial charge in [0, 0.05) is 0 Å². The summed E-state index contributed by atoms with van der Waals surface area (Å²) < 4.78 is 0. The molecule has 0 aromatic rings. The summed E-state index contributed by atoms with van der Waals surface area (Å²) in [7, 11) is 0. The molecule has 0 saturated heterocycles. The fourth-order valence-corrected chi connectivity index (χ4v) is 0.141. The molecule has 0 unspecified atom stereocenters. The van der Waals surface area contributed by atoms with Gasteiger partial charge in [0.05, 0.1) is 0 Å². The molecule has 0 heterocycles. The molecule has 0 aromatic heterocycles. The van der Waals surface area contributed by atoms with E-state index in [2.05, 4.69) is 0 Å². The Balaban J connectivity index is 3.29. The minimum Gasteiger partial charge on any atom is -0.372 e. The predicted molar refractivity (Wildman–Crippen MR) is 21.9 cm³/mol. The minimum absolute atomic E-state index is 1.30. The monoisotopic (exact) mass is 124 g/mol. The molecule has 0 aromatic carbocycles. The lowest BCUT2D eigenvalue weighted by Gasteiger charge is -2.12. The highest BCUT2D eigenvalue weighted by Crippen LogP contribution is 1.78. The van der Waals surface area contributed by atoms with E-state index < -0.39 is 12.5 Å². The smallest absolute Gasteiger partial charge is 0.167 e. The van der Waals surface area contributed by atoms with E-state index in [9.17, 15) is 0 Å². The highest BCUT2D eigenvalue weighted by Gasteiger charge is 2.11. The van der Waals surface area contributed by atoms with E-state index in [1.807, 2.05) is 0 Å². The van der Waals surface area contributed by atoms with Gasteiger partial charge in [0.15, 0.2) is 12.5 Å². The normalized spacial score (nSPS) is 18.0. The average Bonchev–Trinajstić information content (AvgIpc) is 1.84. The Morgan fingerprint density at radius 2 is 1.12 bits per heavy atom. The molecule has 0 aliphatic carbocycles. The molecule has 8 heavy (non-hydrogen) atoms. The Kier molecular flexibility index (Phi) is 3.61. The van der Waals surface area contributed by atoms with Crippen molar-refractivity contribution in [2.45, 2.75) is 12.5 Å². The molecule has 6 heteroatoms. The summed E-state index contributed by atoms with van der Waals surface area (Å²) in [5, 5.41) is 32.2. The lowest BCUT2D eigenvalue weighted by Crippen LogP contribution is -2.45. The van der Waals surface area contributed by atoms with Crippen molar-refractivity contribution in [3.05, 3.63) is 0 Å². The third kappa shape index (κ3) is 2.17. The van der Waals surface area contributed by atoms with E-state index in [0.717, 1.165) is 0 Å². The van der Waals surface area contributed by atoms with Gasteiger partial charge in [-0.15, -0.1) is 0 Å². The van der Waals surface area contributed by atoms with Crippen LogP contribution in [0.4, 0.5) is 0 Å². The number of hydrogen-bond donors (Lipinski definition) is 6. The maximum absolute atomic E-state index is 8.29. The summed E-state index contributed by atoms with van der Waals surface area (Å²) in [6.45, 7) is 0. The van der Waals surface area contributed by atoms with Crippen LogP contribution < -0.4 is 11.0 Å². The van der Waals surface area contributed by atoms with Crippen molar-refractivity contribution < 1.29 is 20.6 Å². The highest BCUT2D eigenvalue weighted by molar-refractivity contribution is 4.49. The van der Waals surface area contributed by atoms with Gasteiger partial charge >= 0.3 is 0 Å². The Hall–Kier alpha value is -0.240. The van der Waals surface area contributed by atoms with Crippen molar-refractivity contribution in [2.75, 3.05) is 0 Å². The summed E-state index contributed by atoms with van der Waals surface area (Å²) >= 11 is 0. The van der Waals surface area contributed by atoms with Gasteiger partial charge in [0.2, 0.25) is 0 Å². The van der Waals surface area contributed by atoms with Gasteiger partial charge in [0.1, 0.15) is 0 Å². The third-order valence-corrected chi connectivity index (χ3v) is 0.564. The number of aliphatic hydroxyl groups is 2. The number of hydrogen-bond acceptors (Lipinski definition) is 6. The molecule has 0 aliphatic heterocycles. The largest absolute Gasteiger partial charge is 0.372 e. The molecule has 0 saturated carbocycles. The molecule has 2 atom stereocenters. The average molecular weight is 124 g/mol. The fraction of sp³-hybridized carbons (Fsp3) is 1.00. The maximum atomic E-state index is 8.29. The van der Waals surface area contributed by atoms with Crippen LogP contribution in [0.15, 0.2) is 0 Å². The fourth-order valence-electron chi connectivity index (χ4n) is 0.141. The van der Waals surface area contributed by atoms with E-state index in [1.165, 1.54) is 11.0 Å². The quantitative estimate of drug-likeness (QED) is 0.185.